The van der Waals surface area contributed by atoms with E-state index in [1.165, 1.54) is 0 Å². The first-order chi connectivity index (χ1) is 5.02. The van der Waals surface area contributed by atoms with Gasteiger partial charge in [-0.15, -0.1) is 0 Å². The SMILES string of the molecule is C[C@@]12COC[C@@H]1CS(=O)(=O)C2. The van der Waals surface area contributed by atoms with E-state index in [9.17, 15) is 8.42 Å². The fourth-order valence-corrected chi connectivity index (χ4v) is 4.58. The van der Waals surface area contributed by atoms with E-state index in [1.807, 2.05) is 6.92 Å². The monoisotopic (exact) mass is 176 g/mol. The summed E-state index contributed by atoms with van der Waals surface area (Å²) in [6.07, 6.45) is 0. The molecule has 0 aromatic rings. The van der Waals surface area contributed by atoms with Gasteiger partial charge in [0.2, 0.25) is 0 Å². The highest BCUT2D eigenvalue weighted by atomic mass is 32.2. The molecule has 0 N–H and O–H groups in total. The van der Waals surface area contributed by atoms with Gasteiger partial charge in [-0.3, -0.25) is 0 Å². The van der Waals surface area contributed by atoms with Crippen LogP contribution in [0.25, 0.3) is 0 Å². The van der Waals surface area contributed by atoms with Crippen LogP contribution in [0.5, 0.6) is 0 Å². The maximum absolute atomic E-state index is 11.2. The van der Waals surface area contributed by atoms with Gasteiger partial charge in [0, 0.05) is 11.3 Å². The van der Waals surface area contributed by atoms with E-state index >= 15 is 0 Å². The van der Waals surface area contributed by atoms with Gasteiger partial charge in [-0.25, -0.2) is 8.42 Å². The summed E-state index contributed by atoms with van der Waals surface area (Å²) in [6.45, 7) is 3.27. The fraction of sp³-hybridized carbons (Fsp3) is 1.00. The van der Waals surface area contributed by atoms with Gasteiger partial charge in [0.05, 0.1) is 24.7 Å². The van der Waals surface area contributed by atoms with E-state index in [1.54, 1.807) is 0 Å². The van der Waals surface area contributed by atoms with Gasteiger partial charge in [-0.1, -0.05) is 6.92 Å². The summed E-state index contributed by atoms with van der Waals surface area (Å²) in [4.78, 5) is 0. The summed E-state index contributed by atoms with van der Waals surface area (Å²) in [5.74, 6) is 0.918. The second-order valence-electron chi connectivity index (χ2n) is 3.92. The average molecular weight is 176 g/mol. The Balaban J connectivity index is 2.33. The van der Waals surface area contributed by atoms with Crippen molar-refractivity contribution in [3.63, 3.8) is 0 Å². The second-order valence-corrected chi connectivity index (χ2v) is 6.03. The minimum absolute atomic E-state index is 0.0706. The van der Waals surface area contributed by atoms with Crippen molar-refractivity contribution < 1.29 is 13.2 Å². The highest BCUT2D eigenvalue weighted by molar-refractivity contribution is 7.91. The Hall–Kier alpha value is -0.0900. The van der Waals surface area contributed by atoms with E-state index in [2.05, 4.69) is 0 Å². The first-order valence-corrected chi connectivity index (χ1v) is 5.62. The summed E-state index contributed by atoms with van der Waals surface area (Å²) >= 11 is 0. The third-order valence-electron chi connectivity index (χ3n) is 2.74. The standard InChI is InChI=1S/C7H12O3S/c1-7-4-10-2-6(7)3-11(8,9)5-7/h6H,2-5H2,1H3/t6-,7+/m1/s1. The van der Waals surface area contributed by atoms with Crippen molar-refractivity contribution in [2.75, 3.05) is 24.7 Å². The summed E-state index contributed by atoms with van der Waals surface area (Å²) < 4.78 is 27.6. The van der Waals surface area contributed by atoms with E-state index < -0.39 is 9.84 Å². The van der Waals surface area contributed by atoms with Crippen LogP contribution in [-0.2, 0) is 14.6 Å². The third kappa shape index (κ3) is 1.08. The first kappa shape index (κ1) is 7.55. The van der Waals surface area contributed by atoms with Gasteiger partial charge < -0.3 is 4.74 Å². The summed E-state index contributed by atoms with van der Waals surface area (Å²) in [7, 11) is -2.74. The van der Waals surface area contributed by atoms with Gasteiger partial charge in [0.1, 0.15) is 0 Å². The van der Waals surface area contributed by atoms with Crippen LogP contribution in [0.15, 0.2) is 0 Å². The summed E-state index contributed by atoms with van der Waals surface area (Å²) in [6, 6.07) is 0. The second kappa shape index (κ2) is 1.98. The molecule has 0 aromatic heterocycles. The van der Waals surface area contributed by atoms with Crippen LogP contribution in [0, 0.1) is 11.3 Å². The molecule has 0 unspecified atom stereocenters. The Morgan fingerprint density at radius 3 is 2.91 bits per heavy atom. The lowest BCUT2D eigenvalue weighted by Gasteiger charge is -2.17. The molecule has 2 heterocycles. The van der Waals surface area contributed by atoms with Gasteiger partial charge in [-0.2, -0.15) is 0 Å². The molecule has 0 saturated carbocycles. The van der Waals surface area contributed by atoms with Crippen molar-refractivity contribution >= 4 is 9.84 Å². The predicted octanol–water partition coefficient (Wildman–Crippen LogP) is 0.0675. The smallest absolute Gasteiger partial charge is 0.151 e. The number of ether oxygens (including phenoxy) is 1. The number of sulfone groups is 1. The molecular formula is C7H12O3S. The lowest BCUT2D eigenvalue weighted by Crippen LogP contribution is -2.24. The third-order valence-corrected chi connectivity index (χ3v) is 4.75. The molecule has 3 nitrogen and oxygen atoms in total. The van der Waals surface area contributed by atoms with Gasteiger partial charge in [0.25, 0.3) is 0 Å². The maximum atomic E-state index is 11.2. The minimum atomic E-state index is -2.74. The molecule has 0 aliphatic carbocycles. The van der Waals surface area contributed by atoms with Crippen LogP contribution in [0.4, 0.5) is 0 Å². The van der Waals surface area contributed by atoms with Crippen molar-refractivity contribution in [2.24, 2.45) is 11.3 Å². The molecule has 4 heteroatoms. The molecule has 0 bridgehead atoms. The van der Waals surface area contributed by atoms with Crippen LogP contribution in [0.1, 0.15) is 6.92 Å². The fourth-order valence-electron chi connectivity index (χ4n) is 2.03. The first-order valence-electron chi connectivity index (χ1n) is 3.80. The zero-order valence-corrected chi connectivity index (χ0v) is 7.36. The van der Waals surface area contributed by atoms with E-state index in [0.29, 0.717) is 24.7 Å². The molecule has 2 aliphatic heterocycles. The molecule has 11 heavy (non-hydrogen) atoms. The van der Waals surface area contributed by atoms with Gasteiger partial charge in [0.15, 0.2) is 9.84 Å². The van der Waals surface area contributed by atoms with Crippen molar-refractivity contribution in [1.29, 1.82) is 0 Å². The van der Waals surface area contributed by atoms with Crippen molar-refractivity contribution in [1.82, 2.24) is 0 Å². The lowest BCUT2D eigenvalue weighted by molar-refractivity contribution is 0.167. The zero-order chi connectivity index (χ0) is 8.11. The van der Waals surface area contributed by atoms with Crippen LogP contribution in [0.3, 0.4) is 0 Å². The Morgan fingerprint density at radius 2 is 2.27 bits per heavy atom. The van der Waals surface area contributed by atoms with Gasteiger partial charge in [-0.05, 0) is 0 Å². The van der Waals surface area contributed by atoms with Crippen LogP contribution < -0.4 is 0 Å². The Kier molecular flexibility index (Phi) is 1.36. The van der Waals surface area contributed by atoms with E-state index in [-0.39, 0.29) is 11.3 Å². The molecule has 2 saturated heterocycles. The molecule has 0 amide bonds. The average Bonchev–Trinajstić information content (AvgIpc) is 2.16. The Morgan fingerprint density at radius 1 is 1.55 bits per heavy atom. The molecule has 2 rings (SSSR count). The van der Waals surface area contributed by atoms with Crippen molar-refractivity contribution in [2.45, 2.75) is 6.92 Å². The molecule has 2 aliphatic rings. The largest absolute Gasteiger partial charge is 0.380 e. The Labute approximate surface area is 66.7 Å². The lowest BCUT2D eigenvalue weighted by atomic mass is 9.84. The van der Waals surface area contributed by atoms with Gasteiger partial charge >= 0.3 is 0 Å². The molecule has 2 atom stereocenters. The maximum Gasteiger partial charge on any atom is 0.151 e. The molecular weight excluding hydrogens is 164 g/mol. The summed E-state index contributed by atoms with van der Waals surface area (Å²) in [5, 5.41) is 0. The predicted molar refractivity (Wildman–Crippen MR) is 41.1 cm³/mol. The number of rotatable bonds is 0. The molecule has 0 aromatic carbocycles. The molecule has 64 valence electrons. The zero-order valence-electron chi connectivity index (χ0n) is 6.54. The van der Waals surface area contributed by atoms with Crippen LogP contribution in [0.2, 0.25) is 0 Å². The van der Waals surface area contributed by atoms with Crippen LogP contribution >= 0.6 is 0 Å². The highest BCUT2D eigenvalue weighted by Gasteiger charge is 2.50. The van der Waals surface area contributed by atoms with Crippen LogP contribution in [-0.4, -0.2) is 33.1 Å². The number of fused-ring (bicyclic) bond motifs is 1. The number of hydrogen-bond donors (Lipinski definition) is 0. The number of hydrogen-bond acceptors (Lipinski definition) is 3. The molecule has 2 fully saturated rings. The minimum Gasteiger partial charge on any atom is -0.380 e. The normalized spacial score (nSPS) is 47.5. The molecule has 0 radical (unpaired) electrons. The quantitative estimate of drug-likeness (QED) is 0.524. The highest BCUT2D eigenvalue weighted by Crippen LogP contribution is 2.41. The molecule has 0 spiro atoms. The summed E-state index contributed by atoms with van der Waals surface area (Å²) in [5.41, 5.74) is -0.0706. The van der Waals surface area contributed by atoms with E-state index in [0.717, 1.165) is 0 Å². The van der Waals surface area contributed by atoms with E-state index in [4.69, 9.17) is 4.74 Å². The van der Waals surface area contributed by atoms with Crippen molar-refractivity contribution in [3.8, 4) is 0 Å². The van der Waals surface area contributed by atoms with Crippen molar-refractivity contribution in [3.05, 3.63) is 0 Å². The topological polar surface area (TPSA) is 43.4 Å². The Bertz CT molecular complexity index is 269.